The van der Waals surface area contributed by atoms with Crippen LogP contribution in [0.3, 0.4) is 0 Å². The van der Waals surface area contributed by atoms with Gasteiger partial charge in [0, 0.05) is 23.9 Å². The Kier molecular flexibility index (Phi) is 3.46. The second-order valence-corrected chi connectivity index (χ2v) is 6.14. The molecule has 0 radical (unpaired) electrons. The Morgan fingerprint density at radius 2 is 2.44 bits per heavy atom. The van der Waals surface area contributed by atoms with Crippen LogP contribution in [-0.2, 0) is 6.42 Å². The Morgan fingerprint density at radius 3 is 3.22 bits per heavy atom. The van der Waals surface area contributed by atoms with E-state index in [9.17, 15) is 0 Å². The SMILES string of the molecule is COc1ccn2c(CC3CCCCS3)ncc2c1. The highest BCUT2D eigenvalue weighted by Crippen LogP contribution is 2.28. The van der Waals surface area contributed by atoms with Gasteiger partial charge >= 0.3 is 0 Å². The predicted molar refractivity (Wildman–Crippen MR) is 75.5 cm³/mol. The maximum Gasteiger partial charge on any atom is 0.122 e. The molecule has 1 aliphatic heterocycles. The van der Waals surface area contributed by atoms with Crippen LogP contribution in [0.15, 0.2) is 24.5 Å². The summed E-state index contributed by atoms with van der Waals surface area (Å²) in [6.45, 7) is 0. The maximum absolute atomic E-state index is 5.24. The molecule has 3 rings (SSSR count). The topological polar surface area (TPSA) is 26.5 Å². The van der Waals surface area contributed by atoms with E-state index in [1.165, 1.54) is 30.8 Å². The van der Waals surface area contributed by atoms with Crippen molar-refractivity contribution in [1.82, 2.24) is 9.38 Å². The smallest absolute Gasteiger partial charge is 0.122 e. The van der Waals surface area contributed by atoms with E-state index in [1.807, 2.05) is 18.3 Å². The lowest BCUT2D eigenvalue weighted by Gasteiger charge is -2.20. The molecule has 0 amide bonds. The van der Waals surface area contributed by atoms with Gasteiger partial charge in [0.15, 0.2) is 0 Å². The molecule has 1 atom stereocenters. The third-order valence-corrected chi connectivity index (χ3v) is 4.90. The van der Waals surface area contributed by atoms with Crippen LogP contribution < -0.4 is 4.74 Å². The van der Waals surface area contributed by atoms with E-state index in [2.05, 4.69) is 27.3 Å². The third-order valence-electron chi connectivity index (χ3n) is 3.50. The average Bonchev–Trinajstić information content (AvgIpc) is 2.82. The number of hydrogen-bond donors (Lipinski definition) is 0. The number of fused-ring (bicyclic) bond motifs is 1. The highest BCUT2D eigenvalue weighted by atomic mass is 32.2. The molecule has 0 spiro atoms. The molecular weight excluding hydrogens is 244 g/mol. The summed E-state index contributed by atoms with van der Waals surface area (Å²) in [6.07, 6.45) is 9.14. The van der Waals surface area contributed by atoms with Crippen molar-refractivity contribution < 1.29 is 4.74 Å². The first kappa shape index (κ1) is 11.9. The monoisotopic (exact) mass is 262 g/mol. The van der Waals surface area contributed by atoms with Crippen LogP contribution in [0.25, 0.3) is 5.52 Å². The number of aromatic nitrogens is 2. The first-order valence-electron chi connectivity index (χ1n) is 6.48. The van der Waals surface area contributed by atoms with Gasteiger partial charge in [0.25, 0.3) is 0 Å². The molecule has 18 heavy (non-hydrogen) atoms. The van der Waals surface area contributed by atoms with Gasteiger partial charge in [-0.3, -0.25) is 0 Å². The van der Waals surface area contributed by atoms with Crippen LogP contribution in [0.1, 0.15) is 25.1 Å². The molecule has 2 aromatic heterocycles. The molecule has 0 bridgehead atoms. The largest absolute Gasteiger partial charge is 0.497 e. The molecule has 1 saturated heterocycles. The maximum atomic E-state index is 5.24. The zero-order valence-corrected chi connectivity index (χ0v) is 11.4. The lowest BCUT2D eigenvalue weighted by atomic mass is 10.1. The van der Waals surface area contributed by atoms with Crippen LogP contribution in [0, 0.1) is 0 Å². The average molecular weight is 262 g/mol. The van der Waals surface area contributed by atoms with Crippen molar-refractivity contribution in [3.63, 3.8) is 0 Å². The number of thioether (sulfide) groups is 1. The zero-order valence-electron chi connectivity index (χ0n) is 10.6. The number of pyridine rings is 1. The van der Waals surface area contributed by atoms with Gasteiger partial charge in [-0.25, -0.2) is 4.98 Å². The quantitative estimate of drug-likeness (QED) is 0.850. The van der Waals surface area contributed by atoms with Gasteiger partial charge in [0.05, 0.1) is 18.8 Å². The van der Waals surface area contributed by atoms with Crippen LogP contribution >= 0.6 is 11.8 Å². The summed E-state index contributed by atoms with van der Waals surface area (Å²) >= 11 is 2.10. The number of ether oxygens (including phenoxy) is 1. The first-order valence-corrected chi connectivity index (χ1v) is 7.53. The number of imidazole rings is 1. The molecule has 0 saturated carbocycles. The Labute approximate surface area is 112 Å². The molecule has 4 heteroatoms. The minimum atomic E-state index is 0.742. The molecule has 1 fully saturated rings. The molecule has 0 N–H and O–H groups in total. The highest BCUT2D eigenvalue weighted by molar-refractivity contribution is 7.99. The van der Waals surface area contributed by atoms with Crippen LogP contribution in [0.4, 0.5) is 0 Å². The molecule has 0 aromatic carbocycles. The van der Waals surface area contributed by atoms with Gasteiger partial charge in [-0.1, -0.05) is 6.42 Å². The number of rotatable bonds is 3. The minimum absolute atomic E-state index is 0.742. The summed E-state index contributed by atoms with van der Waals surface area (Å²) in [6, 6.07) is 4.02. The van der Waals surface area contributed by atoms with E-state index in [4.69, 9.17) is 4.74 Å². The summed E-state index contributed by atoms with van der Waals surface area (Å²) in [4.78, 5) is 4.56. The molecule has 3 nitrogen and oxygen atoms in total. The van der Waals surface area contributed by atoms with E-state index >= 15 is 0 Å². The summed E-state index contributed by atoms with van der Waals surface area (Å²) in [5.74, 6) is 3.37. The summed E-state index contributed by atoms with van der Waals surface area (Å²) in [7, 11) is 1.70. The van der Waals surface area contributed by atoms with Crippen molar-refractivity contribution in [1.29, 1.82) is 0 Å². The fraction of sp³-hybridized carbons (Fsp3) is 0.500. The lowest BCUT2D eigenvalue weighted by Crippen LogP contribution is -2.14. The van der Waals surface area contributed by atoms with E-state index in [0.717, 1.165) is 22.9 Å². The minimum Gasteiger partial charge on any atom is -0.497 e. The van der Waals surface area contributed by atoms with E-state index < -0.39 is 0 Å². The van der Waals surface area contributed by atoms with Crippen molar-refractivity contribution in [2.75, 3.05) is 12.9 Å². The molecule has 0 aliphatic carbocycles. The van der Waals surface area contributed by atoms with Gasteiger partial charge in [-0.15, -0.1) is 0 Å². The molecule has 1 unspecified atom stereocenters. The number of methoxy groups -OCH3 is 1. The van der Waals surface area contributed by atoms with Crippen molar-refractivity contribution in [2.24, 2.45) is 0 Å². The molecular formula is C14H18N2OS. The Hall–Kier alpha value is -1.16. The summed E-state index contributed by atoms with van der Waals surface area (Å²) in [5, 5.41) is 0.742. The highest BCUT2D eigenvalue weighted by Gasteiger charge is 2.16. The fourth-order valence-electron chi connectivity index (χ4n) is 2.48. The van der Waals surface area contributed by atoms with Gasteiger partial charge in [-0.05, 0) is 24.7 Å². The van der Waals surface area contributed by atoms with Crippen LogP contribution in [0.5, 0.6) is 5.75 Å². The van der Waals surface area contributed by atoms with Crippen LogP contribution in [-0.4, -0.2) is 27.5 Å². The third kappa shape index (κ3) is 2.34. The molecule has 1 aliphatic rings. The second kappa shape index (κ2) is 5.22. The van der Waals surface area contributed by atoms with Crippen molar-refractivity contribution in [2.45, 2.75) is 30.9 Å². The van der Waals surface area contributed by atoms with Crippen LogP contribution in [0.2, 0.25) is 0 Å². The lowest BCUT2D eigenvalue weighted by molar-refractivity contribution is 0.414. The Bertz CT molecular complexity index is 532. The van der Waals surface area contributed by atoms with E-state index in [-0.39, 0.29) is 0 Å². The fourth-order valence-corrected chi connectivity index (χ4v) is 3.79. The molecule has 96 valence electrons. The Morgan fingerprint density at radius 1 is 1.50 bits per heavy atom. The van der Waals surface area contributed by atoms with E-state index in [1.54, 1.807) is 7.11 Å². The van der Waals surface area contributed by atoms with Gasteiger partial charge in [0.2, 0.25) is 0 Å². The van der Waals surface area contributed by atoms with Crippen molar-refractivity contribution in [3.8, 4) is 5.75 Å². The van der Waals surface area contributed by atoms with Gasteiger partial charge in [-0.2, -0.15) is 11.8 Å². The number of hydrogen-bond acceptors (Lipinski definition) is 3. The zero-order chi connectivity index (χ0) is 12.4. The predicted octanol–water partition coefficient (Wildman–Crippen LogP) is 3.17. The Balaban J connectivity index is 1.83. The van der Waals surface area contributed by atoms with Crippen molar-refractivity contribution >= 4 is 17.3 Å². The normalized spacial score (nSPS) is 20.2. The van der Waals surface area contributed by atoms with Gasteiger partial charge in [0.1, 0.15) is 11.6 Å². The summed E-state index contributed by atoms with van der Waals surface area (Å²) < 4.78 is 7.41. The first-order chi connectivity index (χ1) is 8.86. The second-order valence-electron chi connectivity index (χ2n) is 4.73. The van der Waals surface area contributed by atoms with Crippen molar-refractivity contribution in [3.05, 3.63) is 30.4 Å². The summed E-state index contributed by atoms with van der Waals surface area (Å²) in [5.41, 5.74) is 1.12. The molecule has 3 heterocycles. The standard InChI is InChI=1S/C14H18N2OS/c1-17-12-5-6-16-11(8-12)10-15-14(16)9-13-4-2-3-7-18-13/h5-6,8,10,13H,2-4,7,9H2,1H3. The molecule has 2 aromatic rings. The number of nitrogens with zero attached hydrogens (tertiary/aromatic N) is 2. The van der Waals surface area contributed by atoms with Gasteiger partial charge < -0.3 is 9.14 Å². The van der Waals surface area contributed by atoms with E-state index in [0.29, 0.717) is 0 Å².